The fourth-order valence-electron chi connectivity index (χ4n) is 2.29. The maximum absolute atomic E-state index is 11.2. The van der Waals surface area contributed by atoms with Gasteiger partial charge in [0, 0.05) is 25.4 Å². The molecule has 0 saturated carbocycles. The van der Waals surface area contributed by atoms with Gasteiger partial charge in [-0.05, 0) is 29.4 Å². The molecule has 2 N–H and O–H groups in total. The van der Waals surface area contributed by atoms with Gasteiger partial charge < -0.3 is 10.6 Å². The number of nitrogens with zero attached hydrogens (tertiary/aromatic N) is 1. The first-order valence-electron chi connectivity index (χ1n) is 6.96. The van der Waals surface area contributed by atoms with E-state index in [0.29, 0.717) is 13.1 Å². The first-order chi connectivity index (χ1) is 9.85. The Hall–Kier alpha value is -1.43. The average molecular weight is 306 g/mol. The van der Waals surface area contributed by atoms with Crippen LogP contribution in [0.3, 0.4) is 0 Å². The number of hydrogen-bond acceptors (Lipinski definition) is 4. The van der Waals surface area contributed by atoms with Gasteiger partial charge in [0.1, 0.15) is 9.84 Å². The topological polar surface area (TPSA) is 63.4 Å². The molecule has 0 aliphatic heterocycles. The predicted molar refractivity (Wildman–Crippen MR) is 88.1 cm³/mol. The summed E-state index contributed by atoms with van der Waals surface area (Å²) in [5, 5.41) is 2.36. The fourth-order valence-corrected chi connectivity index (χ4v) is 2.94. The van der Waals surface area contributed by atoms with E-state index in [0.717, 1.165) is 5.56 Å². The van der Waals surface area contributed by atoms with Crippen LogP contribution in [0, 0.1) is 0 Å². The molecule has 2 aromatic rings. The zero-order chi connectivity index (χ0) is 15.5. The number of rotatable bonds is 6. The Bertz CT molecular complexity index is 713. The molecule has 0 saturated heterocycles. The van der Waals surface area contributed by atoms with Gasteiger partial charge in [-0.3, -0.25) is 0 Å². The molecule has 0 bridgehead atoms. The molecule has 0 aliphatic carbocycles. The third kappa shape index (κ3) is 4.81. The van der Waals surface area contributed by atoms with E-state index in [4.69, 9.17) is 5.73 Å². The van der Waals surface area contributed by atoms with Gasteiger partial charge in [-0.2, -0.15) is 0 Å². The number of benzene rings is 2. The van der Waals surface area contributed by atoms with Crippen molar-refractivity contribution in [3.63, 3.8) is 0 Å². The second kappa shape index (κ2) is 6.56. The first-order valence-corrected chi connectivity index (χ1v) is 9.02. The lowest BCUT2D eigenvalue weighted by molar-refractivity contribution is 0.329. The van der Waals surface area contributed by atoms with Crippen LogP contribution < -0.4 is 5.73 Å². The molecule has 0 radical (unpaired) electrons. The zero-order valence-electron chi connectivity index (χ0n) is 12.5. The SMILES string of the molecule is CN(CCS(C)(=O)=O)CC(N)c1ccc2ccccc2c1. The van der Waals surface area contributed by atoms with E-state index in [1.807, 2.05) is 30.1 Å². The summed E-state index contributed by atoms with van der Waals surface area (Å²) in [5.41, 5.74) is 7.30. The highest BCUT2D eigenvalue weighted by Crippen LogP contribution is 2.19. The summed E-state index contributed by atoms with van der Waals surface area (Å²) in [6.07, 6.45) is 1.25. The van der Waals surface area contributed by atoms with Crippen molar-refractivity contribution >= 4 is 20.6 Å². The Labute approximate surface area is 126 Å². The molecule has 0 fully saturated rings. The molecule has 0 amide bonds. The van der Waals surface area contributed by atoms with E-state index in [1.165, 1.54) is 17.0 Å². The number of hydrogen-bond donors (Lipinski definition) is 1. The lowest BCUT2D eigenvalue weighted by atomic mass is 10.0. The lowest BCUT2D eigenvalue weighted by Gasteiger charge is -2.21. The van der Waals surface area contributed by atoms with Crippen LogP contribution >= 0.6 is 0 Å². The predicted octanol–water partition coefficient (Wildman–Crippen LogP) is 1.82. The van der Waals surface area contributed by atoms with Crippen molar-refractivity contribution in [2.75, 3.05) is 32.1 Å². The van der Waals surface area contributed by atoms with Crippen molar-refractivity contribution < 1.29 is 8.42 Å². The summed E-state index contributed by atoms with van der Waals surface area (Å²) in [6, 6.07) is 14.3. The molecule has 2 rings (SSSR count). The Morgan fingerprint density at radius 1 is 1.14 bits per heavy atom. The molecule has 0 heterocycles. The van der Waals surface area contributed by atoms with Crippen LogP contribution in [0.15, 0.2) is 42.5 Å². The van der Waals surface area contributed by atoms with Crippen molar-refractivity contribution in [3.8, 4) is 0 Å². The second-order valence-electron chi connectivity index (χ2n) is 5.61. The van der Waals surface area contributed by atoms with Gasteiger partial charge in [0.05, 0.1) is 5.75 Å². The normalized spacial score (nSPS) is 13.7. The second-order valence-corrected chi connectivity index (χ2v) is 7.86. The van der Waals surface area contributed by atoms with Crippen molar-refractivity contribution in [2.45, 2.75) is 6.04 Å². The molecular formula is C16H22N2O2S. The molecule has 0 aromatic heterocycles. The van der Waals surface area contributed by atoms with Gasteiger partial charge in [-0.25, -0.2) is 8.42 Å². The molecule has 2 aromatic carbocycles. The van der Waals surface area contributed by atoms with E-state index in [9.17, 15) is 8.42 Å². The maximum Gasteiger partial charge on any atom is 0.148 e. The van der Waals surface area contributed by atoms with E-state index >= 15 is 0 Å². The van der Waals surface area contributed by atoms with Crippen LogP contribution in [0.25, 0.3) is 10.8 Å². The summed E-state index contributed by atoms with van der Waals surface area (Å²) in [7, 11) is -1.04. The lowest BCUT2D eigenvalue weighted by Crippen LogP contribution is -2.32. The fraction of sp³-hybridized carbons (Fsp3) is 0.375. The molecule has 114 valence electrons. The Balaban J connectivity index is 2.02. The minimum Gasteiger partial charge on any atom is -0.323 e. The number of nitrogens with two attached hydrogens (primary N) is 1. The van der Waals surface area contributed by atoms with Crippen LogP contribution in [0.5, 0.6) is 0 Å². The molecule has 1 unspecified atom stereocenters. The zero-order valence-corrected chi connectivity index (χ0v) is 13.3. The molecule has 0 aliphatic rings. The van der Waals surface area contributed by atoms with Gasteiger partial charge in [0.15, 0.2) is 0 Å². The molecule has 1 atom stereocenters. The smallest absolute Gasteiger partial charge is 0.148 e. The Kier molecular flexibility index (Phi) is 4.98. The third-order valence-corrected chi connectivity index (χ3v) is 4.48. The summed E-state index contributed by atoms with van der Waals surface area (Å²) in [5.74, 6) is 0.161. The number of sulfone groups is 1. The van der Waals surface area contributed by atoms with Crippen molar-refractivity contribution in [1.29, 1.82) is 0 Å². The summed E-state index contributed by atoms with van der Waals surface area (Å²) in [6.45, 7) is 1.13. The molecule has 21 heavy (non-hydrogen) atoms. The van der Waals surface area contributed by atoms with Crippen LogP contribution in [0.2, 0.25) is 0 Å². The minimum atomic E-state index is -2.93. The molecular weight excluding hydrogens is 284 g/mol. The first kappa shape index (κ1) is 15.9. The molecule has 5 heteroatoms. The maximum atomic E-state index is 11.2. The quantitative estimate of drug-likeness (QED) is 0.884. The summed E-state index contributed by atoms with van der Waals surface area (Å²) < 4.78 is 22.4. The van der Waals surface area contributed by atoms with Gasteiger partial charge in [-0.1, -0.05) is 36.4 Å². The number of likely N-dealkylation sites (N-methyl/N-ethyl adjacent to an activating group) is 1. The van der Waals surface area contributed by atoms with Crippen molar-refractivity contribution in [1.82, 2.24) is 4.90 Å². The highest BCUT2D eigenvalue weighted by Gasteiger charge is 2.11. The van der Waals surface area contributed by atoms with Crippen LogP contribution in [-0.4, -0.2) is 45.5 Å². The molecule has 4 nitrogen and oxygen atoms in total. The van der Waals surface area contributed by atoms with Gasteiger partial charge in [0.25, 0.3) is 0 Å². The largest absolute Gasteiger partial charge is 0.323 e. The highest BCUT2D eigenvalue weighted by molar-refractivity contribution is 7.90. The van der Waals surface area contributed by atoms with Gasteiger partial charge >= 0.3 is 0 Å². The summed E-state index contributed by atoms with van der Waals surface area (Å²) in [4.78, 5) is 1.96. The van der Waals surface area contributed by atoms with Crippen LogP contribution in [0.1, 0.15) is 11.6 Å². The van der Waals surface area contributed by atoms with Crippen LogP contribution in [-0.2, 0) is 9.84 Å². The van der Waals surface area contributed by atoms with Crippen LogP contribution in [0.4, 0.5) is 0 Å². The summed E-state index contributed by atoms with van der Waals surface area (Å²) >= 11 is 0. The Morgan fingerprint density at radius 2 is 1.81 bits per heavy atom. The van der Waals surface area contributed by atoms with E-state index < -0.39 is 9.84 Å². The van der Waals surface area contributed by atoms with Gasteiger partial charge in [0.2, 0.25) is 0 Å². The minimum absolute atomic E-state index is 0.126. The molecule has 0 spiro atoms. The number of fused-ring (bicyclic) bond motifs is 1. The van der Waals surface area contributed by atoms with E-state index in [-0.39, 0.29) is 11.8 Å². The standard InChI is InChI=1S/C16H22N2O2S/c1-18(9-10-21(2,19)20)12-16(17)15-8-7-13-5-3-4-6-14(13)11-15/h3-8,11,16H,9-10,12,17H2,1-2H3. The van der Waals surface area contributed by atoms with E-state index in [1.54, 1.807) is 0 Å². The van der Waals surface area contributed by atoms with E-state index in [2.05, 4.69) is 24.3 Å². The average Bonchev–Trinajstić information content (AvgIpc) is 2.44. The third-order valence-electron chi connectivity index (χ3n) is 3.55. The highest BCUT2D eigenvalue weighted by atomic mass is 32.2. The Morgan fingerprint density at radius 3 is 2.48 bits per heavy atom. The van der Waals surface area contributed by atoms with Crippen molar-refractivity contribution in [2.24, 2.45) is 5.73 Å². The monoisotopic (exact) mass is 306 g/mol. The van der Waals surface area contributed by atoms with Crippen molar-refractivity contribution in [3.05, 3.63) is 48.0 Å². The van der Waals surface area contributed by atoms with Gasteiger partial charge in [-0.15, -0.1) is 0 Å².